The zero-order chi connectivity index (χ0) is 35.4. The van der Waals surface area contributed by atoms with Gasteiger partial charge >= 0.3 is 5.97 Å². The molecule has 0 aliphatic carbocycles. The van der Waals surface area contributed by atoms with Crippen molar-refractivity contribution in [1.29, 1.82) is 0 Å². The molecule has 4 rings (SSSR count). The second kappa shape index (κ2) is 21.4. The van der Waals surface area contributed by atoms with E-state index in [4.69, 9.17) is 14.2 Å². The molecule has 2 heterocycles. The summed E-state index contributed by atoms with van der Waals surface area (Å²) in [5.41, 5.74) is 2.68. The standard InChI is InChI=1S/C38H46N6O4S2/c1-5-29(4)46-25-15-12-24-44(7-3)32-20-16-30(17-21-32)41-43-38-39-37-34(49-38)28-35(50-37)42-40-31-18-22-33(23-19-31)47-26-13-10-8-9-11-14-27-48-36(45)6-2/h5-6,16-23,28H,1-2,4,7-15,24-27H2,3H3. The average Bonchev–Trinajstić information content (AvgIpc) is 3.71. The van der Waals surface area contributed by atoms with E-state index in [1.807, 2.05) is 42.5 Å². The monoisotopic (exact) mass is 714 g/mol. The fraction of sp³-hybridized carbons (Fsp3) is 0.368. The Morgan fingerprint density at radius 2 is 1.42 bits per heavy atom. The summed E-state index contributed by atoms with van der Waals surface area (Å²) in [5.74, 6) is 1.08. The highest BCUT2D eigenvalue weighted by Crippen LogP contribution is 2.39. The number of carbonyl (C=O) groups is 1. The number of rotatable bonds is 24. The number of allylic oxidation sites excluding steroid dienone is 1. The molecular weight excluding hydrogens is 669 g/mol. The summed E-state index contributed by atoms with van der Waals surface area (Å²) in [6.45, 7) is 16.6. The Bertz CT molecular complexity index is 1680. The molecule has 0 atom stereocenters. The average molecular weight is 715 g/mol. The minimum atomic E-state index is -0.354. The maximum Gasteiger partial charge on any atom is 0.330 e. The highest BCUT2D eigenvalue weighted by molar-refractivity contribution is 7.30. The molecule has 0 N–H and O–H groups in total. The number of nitrogens with zero attached hydrogens (tertiary/aromatic N) is 6. The number of carbonyl (C=O) groups excluding carboxylic acids is 1. The van der Waals surface area contributed by atoms with E-state index in [-0.39, 0.29) is 5.97 Å². The number of hydrogen-bond donors (Lipinski definition) is 0. The minimum Gasteiger partial charge on any atom is -0.494 e. The molecule has 50 heavy (non-hydrogen) atoms. The molecule has 0 spiro atoms. The van der Waals surface area contributed by atoms with Gasteiger partial charge in [0.05, 0.1) is 35.9 Å². The van der Waals surface area contributed by atoms with Crippen molar-refractivity contribution >= 4 is 65.4 Å². The third-order valence-corrected chi connectivity index (χ3v) is 9.50. The van der Waals surface area contributed by atoms with Gasteiger partial charge in [-0.05, 0) is 93.3 Å². The molecule has 0 amide bonds. The van der Waals surface area contributed by atoms with Gasteiger partial charge in [0.15, 0.2) is 0 Å². The molecule has 0 bridgehead atoms. The lowest BCUT2D eigenvalue weighted by Gasteiger charge is -2.23. The topological polar surface area (TPSA) is 110 Å². The highest BCUT2D eigenvalue weighted by Gasteiger charge is 2.09. The molecular formula is C38H46N6O4S2. The Morgan fingerprint density at radius 1 is 0.780 bits per heavy atom. The number of anilines is 1. The predicted molar refractivity (Wildman–Crippen MR) is 205 cm³/mol. The first kappa shape index (κ1) is 38.1. The number of azo groups is 2. The molecule has 0 aliphatic rings. The van der Waals surface area contributed by atoms with E-state index in [1.165, 1.54) is 28.7 Å². The second-order valence-electron chi connectivity index (χ2n) is 11.3. The molecule has 10 nitrogen and oxygen atoms in total. The van der Waals surface area contributed by atoms with Crippen LogP contribution in [0.4, 0.5) is 27.2 Å². The molecule has 0 fully saturated rings. The fourth-order valence-corrected chi connectivity index (χ4v) is 6.67. The summed E-state index contributed by atoms with van der Waals surface area (Å²) >= 11 is 2.95. The van der Waals surface area contributed by atoms with Crippen molar-refractivity contribution in [2.24, 2.45) is 20.5 Å². The first-order valence-electron chi connectivity index (χ1n) is 17.0. The number of benzene rings is 2. The number of aromatic nitrogens is 1. The summed E-state index contributed by atoms with van der Waals surface area (Å²) in [5, 5.41) is 19.0. The Balaban J connectivity index is 1.15. The van der Waals surface area contributed by atoms with Crippen LogP contribution in [-0.2, 0) is 14.3 Å². The van der Waals surface area contributed by atoms with Crippen molar-refractivity contribution in [3.05, 3.63) is 92.2 Å². The molecule has 12 heteroatoms. The van der Waals surface area contributed by atoms with Gasteiger partial charge in [0, 0.05) is 24.9 Å². The van der Waals surface area contributed by atoms with Crippen molar-refractivity contribution in [1.82, 2.24) is 4.98 Å². The third kappa shape index (κ3) is 13.3. The van der Waals surface area contributed by atoms with Crippen molar-refractivity contribution < 1.29 is 19.0 Å². The lowest BCUT2D eigenvalue weighted by atomic mass is 10.1. The summed E-state index contributed by atoms with van der Waals surface area (Å²) in [7, 11) is 0. The van der Waals surface area contributed by atoms with Crippen LogP contribution in [0.25, 0.3) is 9.53 Å². The molecule has 2 aromatic heterocycles. The van der Waals surface area contributed by atoms with Crippen LogP contribution in [0.1, 0.15) is 58.3 Å². The maximum absolute atomic E-state index is 11.0. The molecule has 0 saturated carbocycles. The van der Waals surface area contributed by atoms with E-state index < -0.39 is 0 Å². The quantitative estimate of drug-likeness (QED) is 0.0178. The normalized spacial score (nSPS) is 11.3. The van der Waals surface area contributed by atoms with Gasteiger partial charge in [0.1, 0.15) is 21.3 Å². The minimum absolute atomic E-state index is 0.354. The van der Waals surface area contributed by atoms with Gasteiger partial charge < -0.3 is 19.1 Å². The smallest absolute Gasteiger partial charge is 0.330 e. The lowest BCUT2D eigenvalue weighted by molar-refractivity contribution is -0.137. The number of ether oxygens (including phenoxy) is 3. The number of esters is 1. The Kier molecular flexibility index (Phi) is 16.3. The molecule has 0 saturated heterocycles. The SMILES string of the molecule is C=CC(=C)OCCCCN(CC)c1ccc(N=Nc2nc3sc(N=Nc4ccc(OCCCCCCCCOC(=O)C=C)cc4)cc3s2)cc1. The van der Waals surface area contributed by atoms with Gasteiger partial charge in [-0.1, -0.05) is 68.1 Å². The molecule has 2 aromatic carbocycles. The number of thiophene rings is 1. The van der Waals surface area contributed by atoms with Crippen LogP contribution in [0, 0.1) is 0 Å². The van der Waals surface area contributed by atoms with Crippen molar-refractivity contribution in [2.75, 3.05) is 37.8 Å². The van der Waals surface area contributed by atoms with E-state index in [2.05, 4.69) is 69.1 Å². The Hall–Kier alpha value is -4.68. The third-order valence-electron chi connectivity index (χ3n) is 7.57. The van der Waals surface area contributed by atoms with Gasteiger partial charge in [-0.15, -0.1) is 20.5 Å². The van der Waals surface area contributed by atoms with E-state index in [0.717, 1.165) is 102 Å². The van der Waals surface area contributed by atoms with E-state index in [1.54, 1.807) is 6.08 Å². The van der Waals surface area contributed by atoms with Crippen molar-refractivity contribution in [3.63, 3.8) is 0 Å². The number of fused-ring (bicyclic) bond motifs is 1. The zero-order valence-corrected chi connectivity index (χ0v) is 30.4. The summed E-state index contributed by atoms with van der Waals surface area (Å²) in [6.07, 6.45) is 11.1. The van der Waals surface area contributed by atoms with Crippen LogP contribution >= 0.6 is 22.7 Å². The molecule has 0 aliphatic heterocycles. The van der Waals surface area contributed by atoms with Gasteiger partial charge in [-0.3, -0.25) is 0 Å². The summed E-state index contributed by atoms with van der Waals surface area (Å²) in [6, 6.07) is 17.7. The van der Waals surface area contributed by atoms with E-state index in [9.17, 15) is 4.79 Å². The van der Waals surface area contributed by atoms with Crippen LogP contribution in [0.5, 0.6) is 5.75 Å². The van der Waals surface area contributed by atoms with Gasteiger partial charge in [0.2, 0.25) is 5.13 Å². The van der Waals surface area contributed by atoms with Gasteiger partial charge in [-0.2, -0.15) is 0 Å². The van der Waals surface area contributed by atoms with Crippen molar-refractivity contribution in [2.45, 2.75) is 58.3 Å². The number of unbranched alkanes of at least 4 members (excludes halogenated alkanes) is 6. The van der Waals surface area contributed by atoms with Crippen LogP contribution in [-0.4, -0.2) is 43.9 Å². The van der Waals surface area contributed by atoms with Crippen LogP contribution in [0.2, 0.25) is 0 Å². The molecule has 264 valence electrons. The number of thiazole rings is 1. The highest BCUT2D eigenvalue weighted by atomic mass is 32.1. The van der Waals surface area contributed by atoms with Gasteiger partial charge in [0.25, 0.3) is 0 Å². The molecule has 0 radical (unpaired) electrons. The predicted octanol–water partition coefficient (Wildman–Crippen LogP) is 12.0. The Labute approximate surface area is 302 Å². The molecule has 0 unspecified atom stereocenters. The second-order valence-corrected chi connectivity index (χ2v) is 13.3. The summed E-state index contributed by atoms with van der Waals surface area (Å²) in [4.78, 5) is 18.8. The zero-order valence-electron chi connectivity index (χ0n) is 28.8. The maximum atomic E-state index is 11.0. The first-order valence-corrected chi connectivity index (χ1v) is 18.7. The Morgan fingerprint density at radius 3 is 2.10 bits per heavy atom. The fourth-order valence-electron chi connectivity index (χ4n) is 4.82. The summed E-state index contributed by atoms with van der Waals surface area (Å²) < 4.78 is 17.4. The molecule has 4 aromatic rings. The van der Waals surface area contributed by atoms with Gasteiger partial charge in [-0.25, -0.2) is 9.78 Å². The van der Waals surface area contributed by atoms with Crippen LogP contribution < -0.4 is 9.64 Å². The first-order chi connectivity index (χ1) is 24.5. The number of hydrogen-bond acceptors (Lipinski definition) is 12. The van der Waals surface area contributed by atoms with E-state index >= 15 is 0 Å². The van der Waals surface area contributed by atoms with Crippen LogP contribution in [0.15, 0.2) is 113 Å². The van der Waals surface area contributed by atoms with Crippen LogP contribution in [0.3, 0.4) is 0 Å². The lowest BCUT2D eigenvalue weighted by Crippen LogP contribution is -2.24. The largest absolute Gasteiger partial charge is 0.494 e. The van der Waals surface area contributed by atoms with E-state index in [0.29, 0.717) is 30.7 Å². The van der Waals surface area contributed by atoms with Crippen molar-refractivity contribution in [3.8, 4) is 5.75 Å².